The first-order valence-electron chi connectivity index (χ1n) is 7.92. The Kier molecular flexibility index (Phi) is 5.99. The van der Waals surface area contributed by atoms with Crippen LogP contribution in [0, 0.1) is 17.5 Å². The van der Waals surface area contributed by atoms with Crippen LogP contribution >= 0.6 is 15.9 Å². The Labute approximate surface area is 172 Å². The minimum Gasteiger partial charge on any atom is -0.292 e. The number of Topliss-reactive ketones (excluding diaryl/α,β-unsaturated/α-hetero) is 1. The molecule has 1 atom stereocenters. The predicted octanol–water partition coefficient (Wildman–Crippen LogP) is 4.01. The molecule has 11 heteroatoms. The van der Waals surface area contributed by atoms with Gasteiger partial charge >= 0.3 is 0 Å². The number of nitrogens with zero attached hydrogens (tertiary/aromatic N) is 2. The van der Waals surface area contributed by atoms with Crippen LogP contribution in [0.15, 0.2) is 59.8 Å². The van der Waals surface area contributed by atoms with E-state index in [-0.39, 0.29) is 0 Å². The van der Waals surface area contributed by atoms with E-state index >= 15 is 0 Å². The first-order chi connectivity index (χ1) is 13.7. The van der Waals surface area contributed by atoms with Crippen molar-refractivity contribution in [3.8, 4) is 0 Å². The highest BCUT2D eigenvalue weighted by atomic mass is 79.9. The summed E-state index contributed by atoms with van der Waals surface area (Å²) in [5, 5.41) is 7.21. The molecule has 3 rings (SSSR count). The summed E-state index contributed by atoms with van der Waals surface area (Å²) in [6.07, 6.45) is 2.66. The largest absolute Gasteiger partial charge is 0.292 e. The topological polar surface area (TPSA) is 89.0 Å². The average molecular weight is 486 g/mol. The fourth-order valence-electron chi connectivity index (χ4n) is 2.47. The average Bonchev–Trinajstić information content (AvgIpc) is 2.68. The van der Waals surface area contributed by atoms with E-state index in [1.54, 1.807) is 4.72 Å². The van der Waals surface area contributed by atoms with Crippen LogP contribution in [0.25, 0.3) is 0 Å². The Bertz CT molecular complexity index is 1160. The van der Waals surface area contributed by atoms with Crippen molar-refractivity contribution in [2.24, 2.45) is 0 Å². The molecule has 1 N–H and O–H groups in total. The van der Waals surface area contributed by atoms with Gasteiger partial charge in [-0.3, -0.25) is 9.52 Å². The summed E-state index contributed by atoms with van der Waals surface area (Å²) in [7, 11) is -4.79. The molecule has 1 unspecified atom stereocenters. The van der Waals surface area contributed by atoms with Gasteiger partial charge in [0.2, 0.25) is 0 Å². The van der Waals surface area contributed by atoms with Gasteiger partial charge in [-0.2, -0.15) is 10.2 Å². The second-order valence-electron chi connectivity index (χ2n) is 5.73. The van der Waals surface area contributed by atoms with E-state index in [9.17, 15) is 26.4 Å². The molecule has 0 bridgehead atoms. The van der Waals surface area contributed by atoms with Crippen molar-refractivity contribution in [3.05, 3.63) is 83.4 Å². The number of aromatic nitrogens is 2. The van der Waals surface area contributed by atoms with Crippen LogP contribution in [0.1, 0.15) is 20.7 Å². The Hall–Kier alpha value is -2.79. The fraction of sp³-hybridized carbons (Fsp3) is 0.0556. The maximum absolute atomic E-state index is 14.9. The van der Waals surface area contributed by atoms with Crippen LogP contribution < -0.4 is 4.72 Å². The number of alkyl halides is 1. The van der Waals surface area contributed by atoms with E-state index in [0.29, 0.717) is 5.56 Å². The minimum atomic E-state index is -4.79. The molecule has 0 aliphatic rings. The maximum Gasteiger partial charge on any atom is 0.267 e. The van der Waals surface area contributed by atoms with Gasteiger partial charge in [-0.1, -0.05) is 28.1 Å². The second kappa shape index (κ2) is 8.29. The van der Waals surface area contributed by atoms with Crippen LogP contribution in [-0.4, -0.2) is 24.4 Å². The highest BCUT2D eigenvalue weighted by Crippen LogP contribution is 2.30. The lowest BCUT2D eigenvalue weighted by Crippen LogP contribution is -2.18. The number of halogens is 4. The van der Waals surface area contributed by atoms with E-state index in [0.717, 1.165) is 30.3 Å². The summed E-state index contributed by atoms with van der Waals surface area (Å²) in [6.45, 7) is 0. The number of hydrogen-bond donors (Lipinski definition) is 1. The summed E-state index contributed by atoms with van der Waals surface area (Å²) in [4.78, 5) is 10.4. The number of sulfonamides is 1. The van der Waals surface area contributed by atoms with Crippen molar-refractivity contribution >= 4 is 37.4 Å². The molecule has 0 spiro atoms. The molecular formula is C18H11BrF3N3O3S. The van der Waals surface area contributed by atoms with E-state index in [4.69, 9.17) is 0 Å². The highest BCUT2D eigenvalue weighted by molar-refractivity contribution is 9.09. The lowest BCUT2D eigenvalue weighted by Gasteiger charge is -2.14. The molecule has 1 heterocycles. The number of anilines is 1. The zero-order valence-corrected chi connectivity index (χ0v) is 16.7. The van der Waals surface area contributed by atoms with Crippen LogP contribution in [0.4, 0.5) is 18.9 Å². The number of ketones is 1. The summed E-state index contributed by atoms with van der Waals surface area (Å²) < 4.78 is 69.0. The van der Waals surface area contributed by atoms with Gasteiger partial charge < -0.3 is 0 Å². The van der Waals surface area contributed by atoms with Crippen molar-refractivity contribution in [2.45, 2.75) is 9.72 Å². The van der Waals surface area contributed by atoms with Crippen LogP contribution in [0.5, 0.6) is 0 Å². The van der Waals surface area contributed by atoms with Gasteiger partial charge in [-0.15, -0.1) is 0 Å². The lowest BCUT2D eigenvalue weighted by molar-refractivity contribution is 0.0987. The van der Waals surface area contributed by atoms with Gasteiger partial charge in [-0.05, 0) is 35.9 Å². The van der Waals surface area contributed by atoms with Crippen LogP contribution in [-0.2, 0) is 10.0 Å². The Morgan fingerprint density at radius 3 is 2.28 bits per heavy atom. The molecule has 0 aliphatic heterocycles. The summed E-state index contributed by atoms with van der Waals surface area (Å²) in [5.74, 6) is -4.58. The van der Waals surface area contributed by atoms with Gasteiger partial charge in [0.15, 0.2) is 16.5 Å². The third-order valence-electron chi connectivity index (χ3n) is 3.83. The van der Waals surface area contributed by atoms with Crippen molar-refractivity contribution in [2.75, 3.05) is 4.72 Å². The van der Waals surface area contributed by atoms with E-state index < -0.39 is 54.2 Å². The quantitative estimate of drug-likeness (QED) is 0.420. The van der Waals surface area contributed by atoms with Crippen molar-refractivity contribution < 1.29 is 26.4 Å². The second-order valence-corrected chi connectivity index (χ2v) is 8.26. The number of carbonyl (C=O) groups is 1. The summed E-state index contributed by atoms with van der Waals surface area (Å²) >= 11 is 3.14. The predicted molar refractivity (Wildman–Crippen MR) is 102 cm³/mol. The van der Waals surface area contributed by atoms with E-state index in [1.807, 2.05) is 0 Å². The first-order valence-corrected chi connectivity index (χ1v) is 10.3. The van der Waals surface area contributed by atoms with E-state index in [2.05, 4.69) is 26.1 Å². The Morgan fingerprint density at radius 1 is 1.00 bits per heavy atom. The van der Waals surface area contributed by atoms with Crippen LogP contribution in [0.2, 0.25) is 0 Å². The molecule has 150 valence electrons. The van der Waals surface area contributed by atoms with E-state index in [1.165, 1.54) is 24.5 Å². The molecule has 6 nitrogen and oxygen atoms in total. The van der Waals surface area contributed by atoms with Gasteiger partial charge in [0.25, 0.3) is 10.0 Å². The molecule has 1 aromatic heterocycles. The molecule has 0 amide bonds. The monoisotopic (exact) mass is 485 g/mol. The fourth-order valence-corrected chi connectivity index (χ4v) is 4.19. The summed E-state index contributed by atoms with van der Waals surface area (Å²) in [5.41, 5.74) is -0.659. The minimum absolute atomic E-state index is 0.406. The van der Waals surface area contributed by atoms with Gasteiger partial charge in [0, 0.05) is 6.20 Å². The van der Waals surface area contributed by atoms with Crippen LogP contribution in [0.3, 0.4) is 0 Å². The van der Waals surface area contributed by atoms with Crippen molar-refractivity contribution in [1.82, 2.24) is 10.2 Å². The number of carbonyl (C=O) groups excluding carboxylic acids is 1. The molecule has 0 aliphatic carbocycles. The number of rotatable bonds is 6. The standard InChI is InChI=1S/C18H11BrF3N3O3S/c19-15(10-7-8-23-24-9-10)17(26)11-3-1-6-14(16(11)22)25-29(27,28)18-12(20)4-2-5-13(18)21/h1-9,15,25H. The van der Waals surface area contributed by atoms with Crippen molar-refractivity contribution in [3.63, 3.8) is 0 Å². The number of benzene rings is 2. The SMILES string of the molecule is O=C(c1cccc(NS(=O)(=O)c2c(F)cccc2F)c1F)C(Br)c1ccnnc1. The van der Waals surface area contributed by atoms with Gasteiger partial charge in [0.1, 0.15) is 16.5 Å². The van der Waals surface area contributed by atoms with Gasteiger partial charge in [-0.25, -0.2) is 21.6 Å². The zero-order valence-electron chi connectivity index (χ0n) is 14.3. The number of hydrogen-bond acceptors (Lipinski definition) is 5. The molecule has 0 radical (unpaired) electrons. The third kappa shape index (κ3) is 4.30. The highest BCUT2D eigenvalue weighted by Gasteiger charge is 2.28. The zero-order chi connectivity index (χ0) is 21.2. The Balaban J connectivity index is 1.96. The molecule has 2 aromatic carbocycles. The lowest BCUT2D eigenvalue weighted by atomic mass is 10.0. The third-order valence-corrected chi connectivity index (χ3v) is 6.19. The normalized spacial score (nSPS) is 12.4. The van der Waals surface area contributed by atoms with Crippen molar-refractivity contribution in [1.29, 1.82) is 0 Å². The first kappa shape index (κ1) is 20.9. The smallest absolute Gasteiger partial charge is 0.267 e. The number of nitrogens with one attached hydrogen (secondary N) is 1. The van der Waals surface area contributed by atoms with Gasteiger partial charge in [0.05, 0.1) is 17.4 Å². The molecule has 3 aromatic rings. The molecule has 0 saturated heterocycles. The Morgan fingerprint density at radius 2 is 1.66 bits per heavy atom. The molecule has 29 heavy (non-hydrogen) atoms. The molecule has 0 fully saturated rings. The summed E-state index contributed by atoms with van der Waals surface area (Å²) in [6, 6.07) is 7.42. The molecule has 0 saturated carbocycles. The maximum atomic E-state index is 14.9. The molecular weight excluding hydrogens is 475 g/mol.